The number of hydrogen-bond donors (Lipinski definition) is 1. The summed E-state index contributed by atoms with van der Waals surface area (Å²) in [5.41, 5.74) is 2.81. The predicted molar refractivity (Wildman–Crippen MR) is 97.1 cm³/mol. The van der Waals surface area contributed by atoms with Crippen LogP contribution in [0.5, 0.6) is 0 Å². The number of carbonyl (C=O) groups is 1. The Kier molecular flexibility index (Phi) is 5.23. The van der Waals surface area contributed by atoms with E-state index in [9.17, 15) is 4.79 Å². The molecule has 4 nitrogen and oxygen atoms in total. The molecule has 0 saturated heterocycles. The van der Waals surface area contributed by atoms with Gasteiger partial charge in [0.05, 0.1) is 12.1 Å². The van der Waals surface area contributed by atoms with Crippen molar-refractivity contribution in [3.63, 3.8) is 0 Å². The van der Waals surface area contributed by atoms with Crippen molar-refractivity contribution in [1.29, 1.82) is 0 Å². The van der Waals surface area contributed by atoms with E-state index in [4.69, 9.17) is 11.6 Å². The molecule has 0 atom stereocenters. The van der Waals surface area contributed by atoms with Gasteiger partial charge in [0.2, 0.25) is 5.91 Å². The van der Waals surface area contributed by atoms with Crippen LogP contribution in [0.4, 0.5) is 0 Å². The van der Waals surface area contributed by atoms with Gasteiger partial charge in [-0.25, -0.2) is 4.98 Å². The topological polar surface area (TPSA) is 54.9 Å². The molecule has 0 unspecified atom stereocenters. The minimum Gasteiger partial charge on any atom is -0.352 e. The lowest BCUT2D eigenvalue weighted by Gasteiger charge is -2.06. The SMILES string of the molecule is Cc1nc(-c2ccncc2)sc1CC(=O)NCc1ccccc1Cl. The maximum absolute atomic E-state index is 12.2. The Morgan fingerprint density at radius 1 is 1.21 bits per heavy atom. The number of hydrogen-bond acceptors (Lipinski definition) is 4. The molecule has 0 radical (unpaired) electrons. The van der Waals surface area contributed by atoms with E-state index in [0.717, 1.165) is 26.7 Å². The van der Waals surface area contributed by atoms with Crippen LogP contribution in [0.2, 0.25) is 5.02 Å². The van der Waals surface area contributed by atoms with Gasteiger partial charge in [-0.1, -0.05) is 29.8 Å². The second-order valence-electron chi connectivity index (χ2n) is 5.31. The van der Waals surface area contributed by atoms with E-state index in [1.165, 1.54) is 11.3 Å². The minimum atomic E-state index is -0.0389. The lowest BCUT2D eigenvalue weighted by atomic mass is 10.2. The largest absolute Gasteiger partial charge is 0.352 e. The van der Waals surface area contributed by atoms with Crippen LogP contribution in [-0.4, -0.2) is 15.9 Å². The summed E-state index contributed by atoms with van der Waals surface area (Å²) in [6.45, 7) is 2.35. The highest BCUT2D eigenvalue weighted by Gasteiger charge is 2.13. The Morgan fingerprint density at radius 2 is 1.96 bits per heavy atom. The summed E-state index contributed by atoms with van der Waals surface area (Å²) >= 11 is 7.64. The van der Waals surface area contributed by atoms with Gasteiger partial charge in [0.25, 0.3) is 0 Å². The molecule has 0 saturated carbocycles. The van der Waals surface area contributed by atoms with Gasteiger partial charge in [0.1, 0.15) is 5.01 Å². The lowest BCUT2D eigenvalue weighted by Crippen LogP contribution is -2.24. The molecular weight excluding hydrogens is 342 g/mol. The molecule has 0 spiro atoms. The number of benzene rings is 1. The Hall–Kier alpha value is -2.24. The molecular formula is C18H16ClN3OS. The van der Waals surface area contributed by atoms with Crippen molar-refractivity contribution >= 4 is 28.8 Å². The molecule has 2 aromatic heterocycles. The molecule has 3 aromatic rings. The number of carbonyl (C=O) groups excluding carboxylic acids is 1. The summed E-state index contributed by atoms with van der Waals surface area (Å²) in [7, 11) is 0. The van der Waals surface area contributed by atoms with Crippen LogP contribution in [0.15, 0.2) is 48.8 Å². The highest BCUT2D eigenvalue weighted by atomic mass is 35.5. The standard InChI is InChI=1S/C18H16ClN3OS/c1-12-16(24-18(22-12)13-6-8-20-9-7-13)10-17(23)21-11-14-4-2-3-5-15(14)19/h2-9H,10-11H2,1H3,(H,21,23). The first-order valence-electron chi connectivity index (χ1n) is 7.50. The van der Waals surface area contributed by atoms with Crippen LogP contribution in [0.1, 0.15) is 16.1 Å². The van der Waals surface area contributed by atoms with E-state index < -0.39 is 0 Å². The number of thiazole rings is 1. The molecule has 0 aliphatic heterocycles. The van der Waals surface area contributed by atoms with Crippen molar-refractivity contribution in [1.82, 2.24) is 15.3 Å². The van der Waals surface area contributed by atoms with Gasteiger partial charge in [-0.2, -0.15) is 0 Å². The third kappa shape index (κ3) is 3.99. The normalized spacial score (nSPS) is 10.6. The second kappa shape index (κ2) is 7.55. The van der Waals surface area contributed by atoms with E-state index in [1.807, 2.05) is 43.3 Å². The van der Waals surface area contributed by atoms with Gasteiger partial charge >= 0.3 is 0 Å². The van der Waals surface area contributed by atoms with Crippen molar-refractivity contribution in [2.24, 2.45) is 0 Å². The molecule has 1 aromatic carbocycles. The molecule has 24 heavy (non-hydrogen) atoms. The number of halogens is 1. The Morgan fingerprint density at radius 3 is 2.71 bits per heavy atom. The zero-order chi connectivity index (χ0) is 16.9. The fourth-order valence-corrected chi connectivity index (χ4v) is 3.52. The summed E-state index contributed by atoms with van der Waals surface area (Å²) in [6.07, 6.45) is 3.79. The number of amides is 1. The fourth-order valence-electron chi connectivity index (χ4n) is 2.25. The Bertz CT molecular complexity index is 848. The highest BCUT2D eigenvalue weighted by molar-refractivity contribution is 7.15. The molecule has 1 N–H and O–H groups in total. The summed E-state index contributed by atoms with van der Waals surface area (Å²) in [5.74, 6) is -0.0389. The first-order valence-corrected chi connectivity index (χ1v) is 8.70. The molecule has 2 heterocycles. The van der Waals surface area contributed by atoms with Crippen molar-refractivity contribution in [2.45, 2.75) is 19.9 Å². The summed E-state index contributed by atoms with van der Waals surface area (Å²) in [5, 5.41) is 4.48. The van der Waals surface area contributed by atoms with Gasteiger partial charge in [0.15, 0.2) is 0 Å². The zero-order valence-electron chi connectivity index (χ0n) is 13.1. The molecule has 122 valence electrons. The summed E-state index contributed by atoms with van der Waals surface area (Å²) in [6, 6.07) is 11.3. The van der Waals surface area contributed by atoms with Crippen molar-refractivity contribution < 1.29 is 4.79 Å². The van der Waals surface area contributed by atoms with Crippen LogP contribution in [0, 0.1) is 6.92 Å². The first kappa shape index (κ1) is 16.6. The minimum absolute atomic E-state index is 0.0389. The van der Waals surface area contributed by atoms with Crippen LogP contribution >= 0.6 is 22.9 Å². The number of aromatic nitrogens is 2. The van der Waals surface area contributed by atoms with E-state index in [1.54, 1.807) is 12.4 Å². The van der Waals surface area contributed by atoms with Crippen molar-refractivity contribution in [3.8, 4) is 10.6 Å². The van der Waals surface area contributed by atoms with Crippen LogP contribution in [0.3, 0.4) is 0 Å². The second-order valence-corrected chi connectivity index (χ2v) is 6.80. The number of rotatable bonds is 5. The van der Waals surface area contributed by atoms with Gasteiger partial charge in [-0.15, -0.1) is 11.3 Å². The molecule has 0 fully saturated rings. The molecule has 0 aliphatic rings. The summed E-state index contributed by atoms with van der Waals surface area (Å²) < 4.78 is 0. The number of nitrogens with zero attached hydrogens (tertiary/aromatic N) is 2. The maximum atomic E-state index is 12.2. The average Bonchev–Trinajstić information content (AvgIpc) is 2.96. The smallest absolute Gasteiger partial charge is 0.225 e. The quantitative estimate of drug-likeness (QED) is 0.750. The van der Waals surface area contributed by atoms with Crippen molar-refractivity contribution in [3.05, 3.63) is 69.9 Å². The first-order chi connectivity index (χ1) is 11.6. The Balaban J connectivity index is 1.65. The average molecular weight is 358 g/mol. The molecule has 3 rings (SSSR count). The predicted octanol–water partition coefficient (Wildman–Crippen LogP) is 4.03. The third-order valence-corrected chi connectivity index (χ3v) is 5.15. The van der Waals surface area contributed by atoms with E-state index in [0.29, 0.717) is 18.0 Å². The van der Waals surface area contributed by atoms with Crippen LogP contribution in [0.25, 0.3) is 10.6 Å². The molecule has 1 amide bonds. The highest BCUT2D eigenvalue weighted by Crippen LogP contribution is 2.27. The number of pyridine rings is 1. The lowest BCUT2D eigenvalue weighted by molar-refractivity contribution is -0.120. The monoisotopic (exact) mass is 357 g/mol. The third-order valence-electron chi connectivity index (χ3n) is 3.57. The molecule has 6 heteroatoms. The van der Waals surface area contributed by atoms with Crippen LogP contribution in [-0.2, 0) is 17.8 Å². The van der Waals surface area contributed by atoms with E-state index >= 15 is 0 Å². The Labute approximate surface area is 149 Å². The van der Waals surface area contributed by atoms with E-state index in [2.05, 4.69) is 15.3 Å². The van der Waals surface area contributed by atoms with Gasteiger partial charge < -0.3 is 5.32 Å². The molecule has 0 aliphatic carbocycles. The van der Waals surface area contributed by atoms with Gasteiger partial charge in [-0.3, -0.25) is 9.78 Å². The zero-order valence-corrected chi connectivity index (χ0v) is 14.7. The van der Waals surface area contributed by atoms with Gasteiger partial charge in [-0.05, 0) is 30.7 Å². The number of nitrogens with one attached hydrogen (secondary N) is 1. The summed E-state index contributed by atoms with van der Waals surface area (Å²) in [4.78, 5) is 21.7. The number of aryl methyl sites for hydroxylation is 1. The van der Waals surface area contributed by atoms with Crippen LogP contribution < -0.4 is 5.32 Å². The maximum Gasteiger partial charge on any atom is 0.225 e. The molecule has 0 bridgehead atoms. The van der Waals surface area contributed by atoms with E-state index in [-0.39, 0.29) is 5.91 Å². The van der Waals surface area contributed by atoms with Crippen molar-refractivity contribution in [2.75, 3.05) is 0 Å². The fraction of sp³-hybridized carbons (Fsp3) is 0.167. The van der Waals surface area contributed by atoms with Gasteiger partial charge in [0, 0.05) is 34.4 Å².